The number of rotatable bonds is 5. The minimum atomic E-state index is 0.140. The van der Waals surface area contributed by atoms with Crippen LogP contribution in [0, 0.1) is 0 Å². The summed E-state index contributed by atoms with van der Waals surface area (Å²) in [5.74, 6) is 3.01. The number of thioether (sulfide) groups is 1. The zero-order valence-electron chi connectivity index (χ0n) is 13.2. The van der Waals surface area contributed by atoms with E-state index in [1.807, 2.05) is 35.7 Å². The van der Waals surface area contributed by atoms with E-state index in [4.69, 9.17) is 0 Å². The monoisotopic (exact) mass is 307 g/mol. The summed E-state index contributed by atoms with van der Waals surface area (Å²) in [5.41, 5.74) is 1.77. The number of hydrogen-bond donors (Lipinski definition) is 1. The highest BCUT2D eigenvalue weighted by atomic mass is 32.2. The number of nitrogens with zero attached hydrogens (tertiary/aromatic N) is 2. The Labute approximate surface area is 131 Å². The Morgan fingerprint density at radius 3 is 2.95 bits per heavy atom. The average molecular weight is 307 g/mol. The van der Waals surface area contributed by atoms with Crippen LogP contribution < -0.4 is 5.32 Å². The topological polar surface area (TPSA) is 45.2 Å². The van der Waals surface area contributed by atoms with Crippen LogP contribution in [-0.2, 0) is 6.42 Å². The van der Waals surface area contributed by atoms with Crippen LogP contribution in [-0.4, -0.2) is 46.4 Å². The molecule has 1 saturated heterocycles. The largest absolute Gasteiger partial charge is 0.370 e. The second kappa shape index (κ2) is 7.69. The normalized spacial score (nSPS) is 18.6. The van der Waals surface area contributed by atoms with Crippen molar-refractivity contribution in [1.29, 1.82) is 0 Å². The summed E-state index contributed by atoms with van der Waals surface area (Å²) in [6.07, 6.45) is 1.94. The van der Waals surface area contributed by atoms with Crippen molar-refractivity contribution in [2.75, 3.05) is 29.9 Å². The van der Waals surface area contributed by atoms with Gasteiger partial charge in [-0.2, -0.15) is 11.8 Å². The number of carbonyl (C=O) groups is 1. The van der Waals surface area contributed by atoms with Gasteiger partial charge in [-0.3, -0.25) is 4.79 Å². The molecule has 116 valence electrons. The molecular weight excluding hydrogens is 282 g/mol. The lowest BCUT2D eigenvalue weighted by Gasteiger charge is -2.33. The molecule has 5 heteroatoms. The highest BCUT2D eigenvalue weighted by Crippen LogP contribution is 2.20. The Balaban J connectivity index is 2.25. The molecule has 0 aliphatic carbocycles. The van der Waals surface area contributed by atoms with Crippen LogP contribution in [0.15, 0.2) is 12.1 Å². The van der Waals surface area contributed by atoms with E-state index in [1.54, 1.807) is 0 Å². The lowest BCUT2D eigenvalue weighted by Crippen LogP contribution is -2.44. The third kappa shape index (κ3) is 4.13. The van der Waals surface area contributed by atoms with Gasteiger partial charge < -0.3 is 10.2 Å². The molecule has 1 aliphatic heterocycles. The van der Waals surface area contributed by atoms with Crippen LogP contribution in [0.4, 0.5) is 5.82 Å². The SMILES string of the molecule is CCCc1cc(C(=O)N2CCSCC2C)cc(NCC)n1. The number of carbonyl (C=O) groups excluding carboxylic acids is 1. The fourth-order valence-corrected chi connectivity index (χ4v) is 3.58. The van der Waals surface area contributed by atoms with Gasteiger partial charge in [0.1, 0.15) is 5.82 Å². The van der Waals surface area contributed by atoms with Crippen molar-refractivity contribution in [2.45, 2.75) is 39.7 Å². The molecule has 4 nitrogen and oxygen atoms in total. The summed E-state index contributed by atoms with van der Waals surface area (Å²) in [5, 5.41) is 3.23. The molecule has 0 aromatic carbocycles. The molecule has 1 fully saturated rings. The van der Waals surface area contributed by atoms with Gasteiger partial charge in [-0.05, 0) is 32.4 Å². The summed E-state index contributed by atoms with van der Waals surface area (Å²) in [4.78, 5) is 19.4. The zero-order valence-corrected chi connectivity index (χ0v) is 14.0. The number of nitrogens with one attached hydrogen (secondary N) is 1. The van der Waals surface area contributed by atoms with E-state index < -0.39 is 0 Å². The van der Waals surface area contributed by atoms with E-state index in [1.165, 1.54) is 0 Å². The molecule has 21 heavy (non-hydrogen) atoms. The van der Waals surface area contributed by atoms with Gasteiger partial charge in [0.25, 0.3) is 5.91 Å². The minimum absolute atomic E-state index is 0.140. The fraction of sp³-hybridized carbons (Fsp3) is 0.625. The predicted octanol–water partition coefficient (Wildman–Crippen LogP) is 3.04. The van der Waals surface area contributed by atoms with Crippen LogP contribution in [0.3, 0.4) is 0 Å². The molecule has 1 amide bonds. The van der Waals surface area contributed by atoms with Crippen LogP contribution in [0.25, 0.3) is 0 Å². The highest BCUT2D eigenvalue weighted by Gasteiger charge is 2.25. The first kappa shape index (κ1) is 16.1. The summed E-state index contributed by atoms with van der Waals surface area (Å²) in [6.45, 7) is 7.95. The van der Waals surface area contributed by atoms with Gasteiger partial charge in [-0.1, -0.05) is 13.3 Å². The number of aryl methyl sites for hydroxylation is 1. The third-order valence-corrected chi connectivity index (χ3v) is 4.81. The van der Waals surface area contributed by atoms with Crippen LogP contribution in [0.1, 0.15) is 43.2 Å². The second-order valence-corrected chi connectivity index (χ2v) is 6.59. The summed E-state index contributed by atoms with van der Waals surface area (Å²) in [6, 6.07) is 4.15. The van der Waals surface area contributed by atoms with Crippen molar-refractivity contribution in [3.05, 3.63) is 23.4 Å². The van der Waals surface area contributed by atoms with Gasteiger partial charge in [-0.15, -0.1) is 0 Å². The van der Waals surface area contributed by atoms with Gasteiger partial charge >= 0.3 is 0 Å². The molecule has 1 atom stereocenters. The first-order chi connectivity index (χ1) is 10.2. The molecule has 2 rings (SSSR count). The maximum atomic E-state index is 12.8. The van der Waals surface area contributed by atoms with Crippen molar-refractivity contribution in [1.82, 2.24) is 9.88 Å². The summed E-state index contributed by atoms with van der Waals surface area (Å²) >= 11 is 1.92. The lowest BCUT2D eigenvalue weighted by atomic mass is 10.1. The Morgan fingerprint density at radius 1 is 1.48 bits per heavy atom. The van der Waals surface area contributed by atoms with E-state index in [2.05, 4.69) is 24.1 Å². The van der Waals surface area contributed by atoms with E-state index in [9.17, 15) is 4.79 Å². The van der Waals surface area contributed by atoms with Gasteiger partial charge in [0.2, 0.25) is 0 Å². The molecule has 0 radical (unpaired) electrons. The Kier molecular flexibility index (Phi) is 5.91. The van der Waals surface area contributed by atoms with Crippen LogP contribution in [0.5, 0.6) is 0 Å². The van der Waals surface area contributed by atoms with Crippen molar-refractivity contribution >= 4 is 23.5 Å². The lowest BCUT2D eigenvalue weighted by molar-refractivity contribution is 0.0716. The summed E-state index contributed by atoms with van der Waals surface area (Å²) < 4.78 is 0. The first-order valence-electron chi connectivity index (χ1n) is 7.79. The van der Waals surface area contributed by atoms with Gasteiger partial charge in [0.15, 0.2) is 0 Å². The Morgan fingerprint density at radius 2 is 2.29 bits per heavy atom. The minimum Gasteiger partial charge on any atom is -0.370 e. The number of anilines is 1. The molecule has 1 N–H and O–H groups in total. The zero-order chi connectivity index (χ0) is 15.2. The number of amides is 1. The van der Waals surface area contributed by atoms with Gasteiger partial charge in [0.05, 0.1) is 0 Å². The van der Waals surface area contributed by atoms with E-state index in [0.29, 0.717) is 6.04 Å². The van der Waals surface area contributed by atoms with Crippen LogP contribution in [0.2, 0.25) is 0 Å². The molecule has 0 spiro atoms. The number of hydrogen-bond acceptors (Lipinski definition) is 4. The van der Waals surface area contributed by atoms with Crippen molar-refractivity contribution < 1.29 is 4.79 Å². The van der Waals surface area contributed by atoms with E-state index in [0.717, 1.165) is 54.5 Å². The maximum absolute atomic E-state index is 12.8. The van der Waals surface area contributed by atoms with Gasteiger partial charge in [0, 0.05) is 41.9 Å². The van der Waals surface area contributed by atoms with E-state index in [-0.39, 0.29) is 5.91 Å². The third-order valence-electron chi connectivity index (χ3n) is 3.62. The maximum Gasteiger partial charge on any atom is 0.254 e. The van der Waals surface area contributed by atoms with Crippen molar-refractivity contribution in [3.8, 4) is 0 Å². The molecule has 1 aliphatic rings. The van der Waals surface area contributed by atoms with Crippen molar-refractivity contribution in [2.24, 2.45) is 0 Å². The predicted molar refractivity (Wildman–Crippen MR) is 90.2 cm³/mol. The fourth-order valence-electron chi connectivity index (χ4n) is 2.56. The van der Waals surface area contributed by atoms with E-state index >= 15 is 0 Å². The molecule has 2 heterocycles. The molecule has 1 aromatic rings. The smallest absolute Gasteiger partial charge is 0.254 e. The standard InChI is InChI=1S/C16H25N3OS/c1-4-6-14-9-13(10-15(18-14)17-5-2)16(20)19-7-8-21-11-12(19)3/h9-10,12H,4-8,11H2,1-3H3,(H,17,18). The first-order valence-corrected chi connectivity index (χ1v) is 8.94. The molecule has 0 bridgehead atoms. The molecule has 1 unspecified atom stereocenters. The van der Waals surface area contributed by atoms with Crippen LogP contribution >= 0.6 is 11.8 Å². The van der Waals surface area contributed by atoms with Crippen molar-refractivity contribution in [3.63, 3.8) is 0 Å². The summed E-state index contributed by atoms with van der Waals surface area (Å²) in [7, 11) is 0. The number of pyridine rings is 1. The second-order valence-electron chi connectivity index (χ2n) is 5.44. The van der Waals surface area contributed by atoms with Gasteiger partial charge in [-0.25, -0.2) is 4.98 Å². The average Bonchev–Trinajstić information content (AvgIpc) is 2.47. The highest BCUT2D eigenvalue weighted by molar-refractivity contribution is 7.99. The molecule has 0 saturated carbocycles. The molecule has 1 aromatic heterocycles. The Bertz CT molecular complexity index is 468. The Hall–Kier alpha value is -1.23. The molecular formula is C16H25N3OS. The quantitative estimate of drug-likeness (QED) is 0.908. The number of aromatic nitrogens is 1.